The summed E-state index contributed by atoms with van der Waals surface area (Å²) < 4.78 is 11.2. The minimum absolute atomic E-state index is 0.0827. The summed E-state index contributed by atoms with van der Waals surface area (Å²) >= 11 is 0. The van der Waals surface area contributed by atoms with Crippen LogP contribution in [-0.2, 0) is 9.47 Å². The summed E-state index contributed by atoms with van der Waals surface area (Å²) in [4.78, 5) is 1.98. The normalized spacial score (nSPS) is 24.3. The van der Waals surface area contributed by atoms with Gasteiger partial charge in [-0.25, -0.2) is 4.90 Å². The van der Waals surface area contributed by atoms with Crippen LogP contribution in [0.3, 0.4) is 0 Å². The van der Waals surface area contributed by atoms with Gasteiger partial charge in [0.2, 0.25) is 0 Å². The summed E-state index contributed by atoms with van der Waals surface area (Å²) in [5.74, 6) is 0. The van der Waals surface area contributed by atoms with Crippen molar-refractivity contribution < 1.29 is 9.47 Å². The standard InChI is InChI=1S/C22H23N3O2/c1-25-21(26-2)23-20(24-22(25)27-3)17-12-10-15-8-7-13-5-4-6-14-9-11-16(17)19(15)18(13)14/h4-12,20-24H,1-3H3. The van der Waals surface area contributed by atoms with E-state index in [9.17, 15) is 0 Å². The fourth-order valence-corrected chi connectivity index (χ4v) is 4.35. The molecule has 2 atom stereocenters. The van der Waals surface area contributed by atoms with Crippen LogP contribution in [0, 0.1) is 0 Å². The minimum atomic E-state index is -0.236. The second kappa shape index (κ2) is 6.41. The molecule has 0 aromatic heterocycles. The molecule has 5 rings (SSSR count). The van der Waals surface area contributed by atoms with Crippen LogP contribution >= 0.6 is 0 Å². The Morgan fingerprint density at radius 1 is 0.741 bits per heavy atom. The molecule has 1 aliphatic rings. The van der Waals surface area contributed by atoms with E-state index in [1.165, 1.54) is 37.9 Å². The van der Waals surface area contributed by atoms with E-state index in [-0.39, 0.29) is 18.9 Å². The molecule has 2 unspecified atom stereocenters. The highest BCUT2D eigenvalue weighted by atomic mass is 16.5. The van der Waals surface area contributed by atoms with Gasteiger partial charge in [0.05, 0.1) is 6.17 Å². The van der Waals surface area contributed by atoms with E-state index < -0.39 is 0 Å². The highest BCUT2D eigenvalue weighted by Gasteiger charge is 2.33. The van der Waals surface area contributed by atoms with E-state index in [2.05, 4.69) is 65.2 Å². The number of nitrogens with one attached hydrogen (secondary N) is 2. The Balaban J connectivity index is 1.71. The van der Waals surface area contributed by atoms with Crippen molar-refractivity contribution in [1.82, 2.24) is 15.5 Å². The summed E-state index contributed by atoms with van der Waals surface area (Å²) in [5, 5.41) is 14.7. The lowest BCUT2D eigenvalue weighted by Crippen LogP contribution is -2.64. The van der Waals surface area contributed by atoms with Gasteiger partial charge in [-0.3, -0.25) is 10.6 Å². The molecule has 0 aliphatic carbocycles. The lowest BCUT2D eigenvalue weighted by Gasteiger charge is -2.43. The molecule has 1 saturated heterocycles. The van der Waals surface area contributed by atoms with E-state index in [1.54, 1.807) is 14.2 Å². The summed E-state index contributed by atoms with van der Waals surface area (Å²) in [7, 11) is 5.36. The van der Waals surface area contributed by atoms with E-state index in [0.717, 1.165) is 0 Å². The number of hydrogen-bond acceptors (Lipinski definition) is 5. The molecule has 4 aromatic rings. The maximum atomic E-state index is 5.61. The molecular weight excluding hydrogens is 338 g/mol. The zero-order chi connectivity index (χ0) is 18.5. The van der Waals surface area contributed by atoms with Gasteiger partial charge in [0.15, 0.2) is 12.7 Å². The molecule has 138 valence electrons. The summed E-state index contributed by atoms with van der Waals surface area (Å²) in [6.07, 6.45) is -0.555. The van der Waals surface area contributed by atoms with Gasteiger partial charge >= 0.3 is 0 Å². The van der Waals surface area contributed by atoms with Crippen molar-refractivity contribution in [3.05, 3.63) is 60.2 Å². The summed E-state index contributed by atoms with van der Waals surface area (Å²) in [6.45, 7) is 0. The van der Waals surface area contributed by atoms with Crippen LogP contribution in [-0.4, -0.2) is 38.9 Å². The first-order valence-electron chi connectivity index (χ1n) is 9.17. The highest BCUT2D eigenvalue weighted by molar-refractivity contribution is 6.23. The second-order valence-corrected chi connectivity index (χ2v) is 7.12. The van der Waals surface area contributed by atoms with Gasteiger partial charge in [-0.15, -0.1) is 0 Å². The molecule has 27 heavy (non-hydrogen) atoms. The monoisotopic (exact) mass is 361 g/mol. The number of nitrogens with zero attached hydrogens (tertiary/aromatic N) is 1. The van der Waals surface area contributed by atoms with Gasteiger partial charge in [-0.2, -0.15) is 0 Å². The zero-order valence-electron chi connectivity index (χ0n) is 15.7. The Morgan fingerprint density at radius 2 is 1.30 bits per heavy atom. The van der Waals surface area contributed by atoms with Crippen LogP contribution in [0.15, 0.2) is 54.6 Å². The SMILES string of the molecule is COC1NC(c2ccc3ccc4cccc5ccc2c3c45)NC(OC)N1C. The van der Waals surface area contributed by atoms with Crippen LogP contribution in [0.1, 0.15) is 11.7 Å². The predicted molar refractivity (Wildman–Crippen MR) is 109 cm³/mol. The first-order valence-corrected chi connectivity index (χ1v) is 9.17. The molecule has 0 radical (unpaired) electrons. The smallest absolute Gasteiger partial charge is 0.169 e. The lowest BCUT2D eigenvalue weighted by atomic mass is 9.91. The summed E-state index contributed by atoms with van der Waals surface area (Å²) in [5.41, 5.74) is 1.19. The lowest BCUT2D eigenvalue weighted by molar-refractivity contribution is -0.182. The van der Waals surface area contributed by atoms with Crippen molar-refractivity contribution in [3.63, 3.8) is 0 Å². The van der Waals surface area contributed by atoms with Crippen molar-refractivity contribution in [2.45, 2.75) is 18.9 Å². The van der Waals surface area contributed by atoms with Crippen LogP contribution in [0.2, 0.25) is 0 Å². The third-order valence-corrected chi connectivity index (χ3v) is 5.68. The predicted octanol–water partition coefficient (Wildman–Crippen LogP) is 3.57. The Kier molecular flexibility index (Phi) is 4.00. The van der Waals surface area contributed by atoms with Crippen molar-refractivity contribution in [2.75, 3.05) is 21.3 Å². The van der Waals surface area contributed by atoms with Crippen molar-refractivity contribution in [3.8, 4) is 0 Å². The fraction of sp³-hybridized carbons (Fsp3) is 0.273. The maximum absolute atomic E-state index is 5.61. The Morgan fingerprint density at radius 3 is 1.93 bits per heavy atom. The van der Waals surface area contributed by atoms with Gasteiger partial charge in [0.1, 0.15) is 0 Å². The molecule has 5 nitrogen and oxygen atoms in total. The molecule has 1 aliphatic heterocycles. The number of ether oxygens (including phenoxy) is 2. The van der Waals surface area contributed by atoms with E-state index in [4.69, 9.17) is 9.47 Å². The molecule has 4 aromatic carbocycles. The highest BCUT2D eigenvalue weighted by Crippen LogP contribution is 2.37. The van der Waals surface area contributed by atoms with E-state index in [0.29, 0.717) is 0 Å². The number of rotatable bonds is 3. The van der Waals surface area contributed by atoms with Gasteiger partial charge in [-0.1, -0.05) is 54.6 Å². The van der Waals surface area contributed by atoms with E-state index in [1.807, 2.05) is 11.9 Å². The number of hydrogen-bond donors (Lipinski definition) is 2. The molecule has 2 N–H and O–H groups in total. The van der Waals surface area contributed by atoms with Crippen LogP contribution in [0.5, 0.6) is 0 Å². The third kappa shape index (κ3) is 2.51. The van der Waals surface area contributed by atoms with Crippen molar-refractivity contribution >= 4 is 32.3 Å². The third-order valence-electron chi connectivity index (χ3n) is 5.68. The van der Waals surface area contributed by atoms with Crippen LogP contribution in [0.4, 0.5) is 0 Å². The average molecular weight is 361 g/mol. The molecule has 1 fully saturated rings. The maximum Gasteiger partial charge on any atom is 0.169 e. The van der Waals surface area contributed by atoms with Crippen molar-refractivity contribution in [1.29, 1.82) is 0 Å². The Labute approximate surface area is 158 Å². The van der Waals surface area contributed by atoms with Gasteiger partial charge in [0.25, 0.3) is 0 Å². The number of methoxy groups -OCH3 is 2. The molecule has 5 heteroatoms. The number of benzene rings is 4. The summed E-state index contributed by atoms with van der Waals surface area (Å²) in [6, 6.07) is 19.7. The van der Waals surface area contributed by atoms with Gasteiger partial charge in [-0.05, 0) is 44.9 Å². The molecule has 0 amide bonds. The topological polar surface area (TPSA) is 45.8 Å². The Hall–Kier alpha value is -2.28. The minimum Gasteiger partial charge on any atom is -0.353 e. The van der Waals surface area contributed by atoms with Gasteiger partial charge < -0.3 is 9.47 Å². The fourth-order valence-electron chi connectivity index (χ4n) is 4.35. The molecule has 0 saturated carbocycles. The Bertz CT molecular complexity index is 1080. The second-order valence-electron chi connectivity index (χ2n) is 7.12. The average Bonchev–Trinajstić information content (AvgIpc) is 2.72. The first kappa shape index (κ1) is 16.9. The molecular formula is C22H23N3O2. The quantitative estimate of drug-likeness (QED) is 0.546. The molecule has 1 heterocycles. The largest absolute Gasteiger partial charge is 0.353 e. The van der Waals surface area contributed by atoms with E-state index >= 15 is 0 Å². The van der Waals surface area contributed by atoms with Gasteiger partial charge in [0, 0.05) is 14.2 Å². The van der Waals surface area contributed by atoms with Crippen molar-refractivity contribution in [2.24, 2.45) is 0 Å². The van der Waals surface area contributed by atoms with Crippen LogP contribution in [0.25, 0.3) is 32.3 Å². The van der Waals surface area contributed by atoms with Crippen LogP contribution < -0.4 is 10.6 Å². The zero-order valence-corrected chi connectivity index (χ0v) is 15.7. The molecule has 0 spiro atoms. The molecule has 0 bridgehead atoms. The first-order chi connectivity index (χ1) is 13.2.